The summed E-state index contributed by atoms with van der Waals surface area (Å²) < 4.78 is 5.66. The number of aromatic nitrogens is 1. The number of rotatable bonds is 7. The highest BCUT2D eigenvalue weighted by Gasteiger charge is 2.13. The van der Waals surface area contributed by atoms with Crippen molar-refractivity contribution in [2.24, 2.45) is 0 Å². The lowest BCUT2D eigenvalue weighted by Gasteiger charge is -2.16. The van der Waals surface area contributed by atoms with E-state index in [1.54, 1.807) is 6.20 Å². The second-order valence-corrected chi connectivity index (χ2v) is 6.92. The maximum Gasteiger partial charge on any atom is 0.224 e. The van der Waals surface area contributed by atoms with Crippen molar-refractivity contribution in [1.29, 1.82) is 0 Å². The van der Waals surface area contributed by atoms with Crippen LogP contribution in [0.3, 0.4) is 0 Å². The summed E-state index contributed by atoms with van der Waals surface area (Å²) in [7, 11) is 0. The molecule has 1 N–H and O–H groups in total. The minimum Gasteiger partial charge on any atom is -0.494 e. The van der Waals surface area contributed by atoms with Gasteiger partial charge in [-0.1, -0.05) is 11.6 Å². The summed E-state index contributed by atoms with van der Waals surface area (Å²) in [4.78, 5) is 18.7. The third-order valence-electron chi connectivity index (χ3n) is 4.41. The molecule has 0 radical (unpaired) electrons. The van der Waals surface area contributed by atoms with Crippen molar-refractivity contribution in [1.82, 2.24) is 4.98 Å². The highest BCUT2D eigenvalue weighted by atomic mass is 35.5. The minimum absolute atomic E-state index is 0.0309. The highest BCUT2D eigenvalue weighted by molar-refractivity contribution is 6.31. The fourth-order valence-corrected chi connectivity index (χ4v) is 3.06. The first-order valence-corrected chi connectivity index (χ1v) is 9.39. The molecule has 0 spiro atoms. The number of aryl methyl sites for hydroxylation is 1. The van der Waals surface area contributed by atoms with Crippen LogP contribution in [0.5, 0.6) is 5.75 Å². The van der Waals surface area contributed by atoms with Crippen LogP contribution in [-0.2, 0) is 4.79 Å². The molecular formula is C20H24ClN3O2. The number of pyridine rings is 1. The zero-order chi connectivity index (χ0) is 18.4. The first-order chi connectivity index (χ1) is 12.6. The molecule has 1 aliphatic heterocycles. The number of nitrogens with zero attached hydrogens (tertiary/aromatic N) is 2. The fraction of sp³-hybridized carbons (Fsp3) is 0.400. The normalized spacial score (nSPS) is 13.7. The SMILES string of the molecule is Cc1cc(OCCCC(=O)Nc2ccc(N3CCCC3)nc2)ccc1Cl. The van der Waals surface area contributed by atoms with Crippen LogP contribution in [-0.4, -0.2) is 30.6 Å². The number of ether oxygens (including phenoxy) is 1. The molecule has 1 aromatic heterocycles. The zero-order valence-corrected chi connectivity index (χ0v) is 15.8. The average Bonchev–Trinajstić information content (AvgIpc) is 3.17. The van der Waals surface area contributed by atoms with Crippen molar-refractivity contribution in [3.63, 3.8) is 0 Å². The number of anilines is 2. The quantitative estimate of drug-likeness (QED) is 0.729. The van der Waals surface area contributed by atoms with Crippen molar-refractivity contribution in [2.45, 2.75) is 32.6 Å². The third-order valence-corrected chi connectivity index (χ3v) is 4.83. The van der Waals surface area contributed by atoms with Gasteiger partial charge in [0, 0.05) is 24.5 Å². The molecule has 0 aliphatic carbocycles. The predicted molar refractivity (Wildman–Crippen MR) is 105 cm³/mol. The molecule has 1 aliphatic rings. The Balaban J connectivity index is 1.39. The van der Waals surface area contributed by atoms with E-state index in [0.717, 1.165) is 40.9 Å². The summed E-state index contributed by atoms with van der Waals surface area (Å²) in [5, 5.41) is 3.61. The molecule has 0 unspecified atom stereocenters. The molecule has 138 valence electrons. The van der Waals surface area contributed by atoms with Crippen LogP contribution in [0.2, 0.25) is 5.02 Å². The molecule has 6 heteroatoms. The molecule has 3 rings (SSSR count). The van der Waals surface area contributed by atoms with Crippen molar-refractivity contribution in [3.05, 3.63) is 47.1 Å². The smallest absolute Gasteiger partial charge is 0.224 e. The average molecular weight is 374 g/mol. The van der Waals surface area contributed by atoms with Gasteiger partial charge in [0.25, 0.3) is 0 Å². The Morgan fingerprint density at radius 3 is 2.77 bits per heavy atom. The summed E-state index contributed by atoms with van der Waals surface area (Å²) in [6.45, 7) is 4.55. The van der Waals surface area contributed by atoms with Crippen LogP contribution < -0.4 is 15.0 Å². The number of carbonyl (C=O) groups excluding carboxylic acids is 1. The van der Waals surface area contributed by atoms with Crippen molar-refractivity contribution < 1.29 is 9.53 Å². The fourth-order valence-electron chi connectivity index (χ4n) is 2.95. The van der Waals surface area contributed by atoms with Gasteiger partial charge >= 0.3 is 0 Å². The molecule has 5 nitrogen and oxygen atoms in total. The molecule has 26 heavy (non-hydrogen) atoms. The number of nitrogens with one attached hydrogen (secondary N) is 1. The zero-order valence-electron chi connectivity index (χ0n) is 15.0. The summed E-state index contributed by atoms with van der Waals surface area (Å²) >= 11 is 5.99. The molecule has 0 atom stereocenters. The van der Waals surface area contributed by atoms with Gasteiger partial charge in [-0.3, -0.25) is 4.79 Å². The number of halogens is 1. The van der Waals surface area contributed by atoms with Gasteiger partial charge in [-0.25, -0.2) is 4.98 Å². The van der Waals surface area contributed by atoms with E-state index in [4.69, 9.17) is 16.3 Å². The highest BCUT2D eigenvalue weighted by Crippen LogP contribution is 2.21. The van der Waals surface area contributed by atoms with Gasteiger partial charge in [-0.2, -0.15) is 0 Å². The molecule has 2 aromatic rings. The third kappa shape index (κ3) is 5.11. The Bertz CT molecular complexity index is 743. The first kappa shape index (κ1) is 18.5. The molecule has 1 aromatic carbocycles. The second-order valence-electron chi connectivity index (χ2n) is 6.51. The number of hydrogen-bond donors (Lipinski definition) is 1. The van der Waals surface area contributed by atoms with E-state index >= 15 is 0 Å². The van der Waals surface area contributed by atoms with E-state index in [9.17, 15) is 4.79 Å². The maximum absolute atomic E-state index is 12.0. The lowest BCUT2D eigenvalue weighted by Crippen LogP contribution is -2.19. The minimum atomic E-state index is -0.0309. The summed E-state index contributed by atoms with van der Waals surface area (Å²) in [6, 6.07) is 9.43. The standard InChI is InChI=1S/C20H24ClN3O2/c1-15-13-17(7-8-18(15)21)26-12-4-5-20(25)23-16-6-9-19(22-14-16)24-10-2-3-11-24/h6-9,13-14H,2-5,10-12H2,1H3,(H,23,25). The van der Waals surface area contributed by atoms with Gasteiger partial charge in [0.15, 0.2) is 0 Å². The Morgan fingerprint density at radius 2 is 2.08 bits per heavy atom. The number of hydrogen-bond acceptors (Lipinski definition) is 4. The van der Waals surface area contributed by atoms with Crippen LogP contribution in [0.1, 0.15) is 31.2 Å². The molecule has 0 bridgehead atoms. The van der Waals surface area contributed by atoms with Gasteiger partial charge in [-0.15, -0.1) is 0 Å². The lowest BCUT2D eigenvalue weighted by molar-refractivity contribution is -0.116. The Morgan fingerprint density at radius 1 is 1.27 bits per heavy atom. The second kappa shape index (κ2) is 8.90. The topological polar surface area (TPSA) is 54.5 Å². The van der Waals surface area contributed by atoms with E-state index in [2.05, 4.69) is 15.2 Å². The van der Waals surface area contributed by atoms with Crippen molar-refractivity contribution in [3.8, 4) is 5.75 Å². The van der Waals surface area contributed by atoms with Gasteiger partial charge in [0.2, 0.25) is 5.91 Å². The van der Waals surface area contributed by atoms with Crippen molar-refractivity contribution in [2.75, 3.05) is 29.9 Å². The Hall–Kier alpha value is -2.27. The van der Waals surface area contributed by atoms with E-state index in [-0.39, 0.29) is 5.91 Å². The van der Waals surface area contributed by atoms with Gasteiger partial charge in [0.05, 0.1) is 18.5 Å². The molecule has 0 saturated carbocycles. The first-order valence-electron chi connectivity index (χ1n) is 9.01. The van der Waals surface area contributed by atoms with Crippen LogP contribution in [0.15, 0.2) is 36.5 Å². The van der Waals surface area contributed by atoms with Gasteiger partial charge < -0.3 is 15.0 Å². The predicted octanol–water partition coefficient (Wildman–Crippen LogP) is 4.44. The Labute approximate surface area is 159 Å². The van der Waals surface area contributed by atoms with Crippen LogP contribution in [0, 0.1) is 6.92 Å². The number of carbonyl (C=O) groups is 1. The van der Waals surface area contributed by atoms with Crippen LogP contribution in [0.25, 0.3) is 0 Å². The summed E-state index contributed by atoms with van der Waals surface area (Å²) in [5.41, 5.74) is 1.71. The largest absolute Gasteiger partial charge is 0.494 e. The maximum atomic E-state index is 12.0. The summed E-state index contributed by atoms with van der Waals surface area (Å²) in [6.07, 6.45) is 5.21. The Kier molecular flexibility index (Phi) is 6.34. The monoisotopic (exact) mass is 373 g/mol. The molecule has 1 amide bonds. The van der Waals surface area contributed by atoms with Crippen LogP contribution in [0.4, 0.5) is 11.5 Å². The van der Waals surface area contributed by atoms with E-state index < -0.39 is 0 Å². The summed E-state index contributed by atoms with van der Waals surface area (Å²) in [5.74, 6) is 1.72. The molecule has 1 fully saturated rings. The van der Waals surface area contributed by atoms with Gasteiger partial charge in [-0.05, 0) is 62.1 Å². The number of amides is 1. The lowest BCUT2D eigenvalue weighted by atomic mass is 10.2. The molecular weight excluding hydrogens is 350 g/mol. The van der Waals surface area contributed by atoms with Crippen molar-refractivity contribution >= 4 is 29.0 Å². The van der Waals surface area contributed by atoms with Crippen LogP contribution >= 0.6 is 11.6 Å². The van der Waals surface area contributed by atoms with Gasteiger partial charge in [0.1, 0.15) is 11.6 Å². The molecule has 1 saturated heterocycles. The van der Waals surface area contributed by atoms with E-state index in [0.29, 0.717) is 19.4 Å². The molecule has 2 heterocycles. The van der Waals surface area contributed by atoms with E-state index in [1.807, 2.05) is 37.3 Å². The number of benzene rings is 1. The van der Waals surface area contributed by atoms with E-state index in [1.165, 1.54) is 12.8 Å².